The molecule has 1 aromatic carbocycles. The second-order valence-electron chi connectivity index (χ2n) is 4.45. The van der Waals surface area contributed by atoms with Gasteiger partial charge in [-0.05, 0) is 24.6 Å². The van der Waals surface area contributed by atoms with Crippen molar-refractivity contribution in [3.8, 4) is 0 Å². The molecule has 1 atom stereocenters. The van der Waals surface area contributed by atoms with E-state index in [1.807, 2.05) is 18.2 Å². The van der Waals surface area contributed by atoms with E-state index in [0.717, 1.165) is 29.7 Å². The van der Waals surface area contributed by atoms with Crippen LogP contribution < -0.4 is 11.1 Å². The number of nitrogen functional groups attached to an aromatic ring is 1. The van der Waals surface area contributed by atoms with Crippen LogP contribution in [0.5, 0.6) is 0 Å². The van der Waals surface area contributed by atoms with E-state index in [9.17, 15) is 4.79 Å². The summed E-state index contributed by atoms with van der Waals surface area (Å²) >= 11 is 0. The van der Waals surface area contributed by atoms with Gasteiger partial charge in [0.25, 0.3) is 0 Å². The average molecular weight is 230 g/mol. The van der Waals surface area contributed by atoms with Crippen LogP contribution in [0.4, 0.5) is 5.69 Å². The molecular weight excluding hydrogens is 216 g/mol. The molecule has 1 unspecified atom stereocenters. The van der Waals surface area contributed by atoms with Gasteiger partial charge >= 0.3 is 0 Å². The number of nitrogens with zero attached hydrogens (tertiary/aromatic N) is 2. The lowest BCUT2D eigenvalue weighted by Gasteiger charge is -2.11. The minimum absolute atomic E-state index is 0.142. The van der Waals surface area contributed by atoms with Crippen molar-refractivity contribution >= 4 is 22.6 Å². The van der Waals surface area contributed by atoms with Crippen molar-refractivity contribution in [1.82, 2.24) is 14.9 Å². The highest BCUT2D eigenvalue weighted by Crippen LogP contribution is 2.18. The number of hydrogen-bond acceptors (Lipinski definition) is 3. The summed E-state index contributed by atoms with van der Waals surface area (Å²) < 4.78 is 2.06. The van der Waals surface area contributed by atoms with Crippen LogP contribution in [0.15, 0.2) is 24.5 Å². The molecule has 0 aliphatic carbocycles. The maximum absolute atomic E-state index is 11.1. The zero-order valence-electron chi connectivity index (χ0n) is 9.39. The molecule has 2 heterocycles. The van der Waals surface area contributed by atoms with E-state index in [-0.39, 0.29) is 11.9 Å². The topological polar surface area (TPSA) is 72.9 Å². The highest BCUT2D eigenvalue weighted by molar-refractivity contribution is 5.79. The molecule has 17 heavy (non-hydrogen) atoms. The number of carbonyl (C=O) groups is 1. The first-order valence-corrected chi connectivity index (χ1v) is 5.72. The van der Waals surface area contributed by atoms with Crippen LogP contribution in [-0.4, -0.2) is 21.5 Å². The van der Waals surface area contributed by atoms with Gasteiger partial charge in [-0.2, -0.15) is 0 Å². The van der Waals surface area contributed by atoms with Crippen LogP contribution in [0.3, 0.4) is 0 Å². The summed E-state index contributed by atoms with van der Waals surface area (Å²) in [6.45, 7) is 0.770. The van der Waals surface area contributed by atoms with Gasteiger partial charge in [-0.3, -0.25) is 4.79 Å². The molecule has 5 heteroatoms. The number of fused-ring (bicyclic) bond motifs is 1. The van der Waals surface area contributed by atoms with E-state index in [0.29, 0.717) is 6.42 Å². The normalized spacial score (nSPS) is 19.8. The first kappa shape index (κ1) is 10.1. The van der Waals surface area contributed by atoms with Crippen LogP contribution in [0.1, 0.15) is 12.8 Å². The maximum atomic E-state index is 11.1. The van der Waals surface area contributed by atoms with E-state index in [1.165, 1.54) is 0 Å². The van der Waals surface area contributed by atoms with Crippen molar-refractivity contribution in [1.29, 1.82) is 0 Å². The number of anilines is 1. The van der Waals surface area contributed by atoms with Crippen molar-refractivity contribution in [3.05, 3.63) is 24.5 Å². The highest BCUT2D eigenvalue weighted by atomic mass is 16.1. The molecule has 1 aromatic heterocycles. The van der Waals surface area contributed by atoms with Crippen LogP contribution >= 0.6 is 0 Å². The van der Waals surface area contributed by atoms with Crippen LogP contribution in [0, 0.1) is 0 Å². The summed E-state index contributed by atoms with van der Waals surface area (Å²) in [5, 5.41) is 2.96. The van der Waals surface area contributed by atoms with E-state index >= 15 is 0 Å². The smallest absolute Gasteiger partial charge is 0.220 e. The molecule has 3 rings (SSSR count). The van der Waals surface area contributed by atoms with E-state index in [2.05, 4.69) is 14.9 Å². The lowest BCUT2D eigenvalue weighted by molar-refractivity contribution is -0.119. The number of carbonyl (C=O) groups excluding carboxylic acids is 1. The van der Waals surface area contributed by atoms with E-state index < -0.39 is 0 Å². The fourth-order valence-corrected chi connectivity index (χ4v) is 2.28. The Morgan fingerprint density at radius 2 is 2.41 bits per heavy atom. The average Bonchev–Trinajstić information content (AvgIpc) is 2.86. The van der Waals surface area contributed by atoms with Gasteiger partial charge in [-0.15, -0.1) is 0 Å². The molecule has 0 radical (unpaired) electrons. The van der Waals surface area contributed by atoms with Gasteiger partial charge in [-0.1, -0.05) is 0 Å². The Morgan fingerprint density at radius 1 is 1.53 bits per heavy atom. The van der Waals surface area contributed by atoms with Gasteiger partial charge in [0.05, 0.1) is 17.4 Å². The Kier molecular flexibility index (Phi) is 2.24. The molecule has 1 saturated heterocycles. The summed E-state index contributed by atoms with van der Waals surface area (Å²) in [5.74, 6) is 0.142. The SMILES string of the molecule is Nc1ccc2c(c1)ncn2CC1CCC(=O)N1. The third kappa shape index (κ3) is 1.84. The largest absolute Gasteiger partial charge is 0.399 e. The molecule has 0 spiro atoms. The third-order valence-electron chi connectivity index (χ3n) is 3.15. The minimum Gasteiger partial charge on any atom is -0.399 e. The van der Waals surface area contributed by atoms with Crippen molar-refractivity contribution in [2.24, 2.45) is 0 Å². The number of nitrogens with one attached hydrogen (secondary N) is 1. The summed E-state index contributed by atoms with van der Waals surface area (Å²) in [6.07, 6.45) is 3.33. The Balaban J connectivity index is 1.88. The Hall–Kier alpha value is -2.04. The molecule has 5 nitrogen and oxygen atoms in total. The predicted octanol–water partition coefficient (Wildman–Crippen LogP) is 0.897. The fraction of sp³-hybridized carbons (Fsp3) is 0.333. The van der Waals surface area contributed by atoms with Crippen LogP contribution in [0.25, 0.3) is 11.0 Å². The number of amides is 1. The third-order valence-corrected chi connectivity index (χ3v) is 3.15. The van der Waals surface area contributed by atoms with Gasteiger partial charge in [-0.25, -0.2) is 4.98 Å². The van der Waals surface area contributed by atoms with Gasteiger partial charge in [0.2, 0.25) is 5.91 Å². The molecule has 1 aliphatic heterocycles. The molecule has 2 aromatic rings. The molecule has 88 valence electrons. The maximum Gasteiger partial charge on any atom is 0.220 e. The minimum atomic E-state index is 0.142. The van der Waals surface area contributed by atoms with Crippen LogP contribution in [-0.2, 0) is 11.3 Å². The Labute approximate surface area is 98.6 Å². The lowest BCUT2D eigenvalue weighted by atomic mass is 10.2. The number of benzene rings is 1. The Bertz CT molecular complexity index is 575. The molecule has 1 amide bonds. The molecule has 1 fully saturated rings. The summed E-state index contributed by atoms with van der Waals surface area (Å²) in [7, 11) is 0. The van der Waals surface area contributed by atoms with Gasteiger partial charge in [0, 0.05) is 24.7 Å². The fourth-order valence-electron chi connectivity index (χ4n) is 2.28. The van der Waals surface area contributed by atoms with Crippen molar-refractivity contribution in [2.75, 3.05) is 5.73 Å². The second-order valence-corrected chi connectivity index (χ2v) is 4.45. The van der Waals surface area contributed by atoms with Crippen molar-refractivity contribution in [3.63, 3.8) is 0 Å². The van der Waals surface area contributed by atoms with Crippen molar-refractivity contribution in [2.45, 2.75) is 25.4 Å². The molecule has 1 aliphatic rings. The zero-order chi connectivity index (χ0) is 11.8. The first-order valence-electron chi connectivity index (χ1n) is 5.72. The Morgan fingerprint density at radius 3 is 3.18 bits per heavy atom. The van der Waals surface area contributed by atoms with Crippen molar-refractivity contribution < 1.29 is 4.79 Å². The van der Waals surface area contributed by atoms with E-state index in [4.69, 9.17) is 5.73 Å². The zero-order valence-corrected chi connectivity index (χ0v) is 9.39. The number of rotatable bonds is 2. The number of aromatic nitrogens is 2. The second kappa shape index (κ2) is 3.76. The lowest BCUT2D eigenvalue weighted by Crippen LogP contribution is -2.29. The number of imidazole rings is 1. The monoisotopic (exact) mass is 230 g/mol. The molecule has 0 bridgehead atoms. The standard InChI is InChI=1S/C12H14N4O/c13-8-1-3-11-10(5-8)14-7-16(11)6-9-2-4-12(17)15-9/h1,3,5,7,9H,2,4,6,13H2,(H,15,17). The van der Waals surface area contributed by atoms with Gasteiger partial charge in [0.1, 0.15) is 0 Å². The summed E-state index contributed by atoms with van der Waals surface area (Å²) in [5.41, 5.74) is 8.38. The number of nitrogens with two attached hydrogens (primary N) is 1. The van der Waals surface area contributed by atoms with Crippen LogP contribution in [0.2, 0.25) is 0 Å². The number of hydrogen-bond donors (Lipinski definition) is 2. The highest BCUT2D eigenvalue weighted by Gasteiger charge is 2.21. The predicted molar refractivity (Wildman–Crippen MR) is 65.3 cm³/mol. The molecule has 0 saturated carbocycles. The van der Waals surface area contributed by atoms with Gasteiger partial charge in [0.15, 0.2) is 0 Å². The molecular formula is C12H14N4O. The summed E-state index contributed by atoms with van der Waals surface area (Å²) in [6, 6.07) is 5.92. The quantitative estimate of drug-likeness (QED) is 0.753. The molecule has 3 N–H and O–H groups in total. The first-order chi connectivity index (χ1) is 8.22. The van der Waals surface area contributed by atoms with Gasteiger partial charge < -0.3 is 15.6 Å². The summed E-state index contributed by atoms with van der Waals surface area (Å²) in [4.78, 5) is 15.4. The van der Waals surface area contributed by atoms with E-state index in [1.54, 1.807) is 6.33 Å².